The quantitative estimate of drug-likeness (QED) is 0.0612. The minimum atomic E-state index is 0.0718. The summed E-state index contributed by atoms with van der Waals surface area (Å²) in [6, 6.07) is 4.22. The Morgan fingerprint density at radius 3 is 1.10 bits per heavy atom. The van der Waals surface area contributed by atoms with Crippen molar-refractivity contribution in [1.82, 2.24) is 9.80 Å². The van der Waals surface area contributed by atoms with E-state index in [2.05, 4.69) is 50.1 Å². The number of amides is 2. The zero-order valence-electron chi connectivity index (χ0n) is 42.3. The molecule has 4 nitrogen and oxygen atoms in total. The lowest BCUT2D eigenvalue weighted by Gasteiger charge is -2.28. The van der Waals surface area contributed by atoms with Gasteiger partial charge in [-0.25, -0.2) is 0 Å². The maximum absolute atomic E-state index is 14.6. The van der Waals surface area contributed by atoms with Crippen molar-refractivity contribution < 1.29 is 9.59 Å². The maximum Gasteiger partial charge on any atom is 0.260 e. The van der Waals surface area contributed by atoms with Crippen molar-refractivity contribution in [3.63, 3.8) is 0 Å². The average Bonchev–Trinajstić information content (AvgIpc) is 4.00. The second kappa shape index (κ2) is 37.2. The molecule has 5 heteroatoms. The summed E-state index contributed by atoms with van der Waals surface area (Å²) >= 11 is 1.68. The van der Waals surface area contributed by atoms with E-state index in [0.717, 1.165) is 23.7 Å². The number of nitrogens with zero attached hydrogens (tertiary/aromatic N) is 2. The molecule has 2 amide bonds. The normalized spacial score (nSPS) is 15.0. The Morgan fingerprint density at radius 1 is 0.429 bits per heavy atom. The minimum Gasteiger partial charge on any atom is -0.314 e. The van der Waals surface area contributed by atoms with E-state index < -0.39 is 0 Å². The molecule has 1 aromatic rings. The average molecular weight is 892 g/mol. The van der Waals surface area contributed by atoms with Crippen LogP contribution in [-0.4, -0.2) is 34.7 Å². The van der Waals surface area contributed by atoms with Crippen molar-refractivity contribution in [2.45, 2.75) is 285 Å². The highest BCUT2D eigenvalue weighted by atomic mass is 32.1. The summed E-state index contributed by atoms with van der Waals surface area (Å²) in [7, 11) is 0. The Balaban J connectivity index is 1.65. The second-order valence-electron chi connectivity index (χ2n) is 20.3. The fourth-order valence-corrected chi connectivity index (χ4v) is 11.2. The summed E-state index contributed by atoms with van der Waals surface area (Å²) in [5.41, 5.74) is 2.27. The molecular formula is C58H102N2O2S. The third-order valence-corrected chi connectivity index (χ3v) is 15.4. The molecule has 2 aliphatic rings. The zero-order chi connectivity index (χ0) is 45.0. The van der Waals surface area contributed by atoms with E-state index in [4.69, 9.17) is 0 Å². The van der Waals surface area contributed by atoms with Crippen molar-refractivity contribution >= 4 is 28.8 Å². The molecule has 0 N–H and O–H groups in total. The molecule has 2 aliphatic heterocycles. The van der Waals surface area contributed by atoms with Gasteiger partial charge >= 0.3 is 0 Å². The smallest absolute Gasteiger partial charge is 0.260 e. The van der Waals surface area contributed by atoms with Crippen LogP contribution in [0.15, 0.2) is 34.9 Å². The second-order valence-corrected chi connectivity index (χ2v) is 21.3. The first kappa shape index (κ1) is 55.4. The predicted molar refractivity (Wildman–Crippen MR) is 277 cm³/mol. The fraction of sp³-hybridized carbons (Fsp3) is 0.828. The summed E-state index contributed by atoms with van der Waals surface area (Å²) in [6.07, 6.45) is 55.1. The molecule has 0 fully saturated rings. The number of rotatable bonds is 45. The number of fused-ring (bicyclic) bond motifs is 1. The standard InChI is InChI=1S/C58H102N2O2S/c1-5-9-13-17-21-25-27-31-34-38-43-51(42-37-33-29-23-19-15-11-7-3)48-59-50-53-55(58(59)62)56(54-46-41-47-63-54)60(57(53)61)49-52(44-39-35-30-24-20-16-12-8-4)45-40-36-32-28-26-22-18-14-10-6-2/h41,46-47,50-52H,5-40,42-45,48-49H2,1-4H3. The van der Waals surface area contributed by atoms with Crippen LogP contribution in [0.25, 0.3) is 5.70 Å². The molecule has 1 aromatic heterocycles. The predicted octanol–water partition coefficient (Wildman–Crippen LogP) is 18.9. The van der Waals surface area contributed by atoms with E-state index in [1.165, 1.54) is 257 Å². The highest BCUT2D eigenvalue weighted by Gasteiger charge is 2.45. The van der Waals surface area contributed by atoms with E-state index >= 15 is 0 Å². The summed E-state index contributed by atoms with van der Waals surface area (Å²) in [6.45, 7) is 10.7. The molecule has 0 spiro atoms. The van der Waals surface area contributed by atoms with Crippen LogP contribution in [0.2, 0.25) is 0 Å². The molecule has 0 radical (unpaired) electrons. The topological polar surface area (TPSA) is 40.6 Å². The van der Waals surface area contributed by atoms with Crippen molar-refractivity contribution in [3.05, 3.63) is 39.7 Å². The van der Waals surface area contributed by atoms with Crippen LogP contribution in [-0.2, 0) is 9.59 Å². The first-order valence-electron chi connectivity index (χ1n) is 28.2. The third kappa shape index (κ3) is 23.4. The van der Waals surface area contributed by atoms with Gasteiger partial charge in [0.15, 0.2) is 0 Å². The maximum atomic E-state index is 14.6. The Labute approximate surface area is 395 Å². The number of hydrogen-bond donors (Lipinski definition) is 0. The Bertz CT molecular complexity index is 1330. The Hall–Kier alpha value is -1.88. The van der Waals surface area contributed by atoms with Crippen molar-refractivity contribution in [1.29, 1.82) is 0 Å². The van der Waals surface area contributed by atoms with E-state index in [-0.39, 0.29) is 11.8 Å². The van der Waals surface area contributed by atoms with Gasteiger partial charge in [0.05, 0.1) is 21.7 Å². The summed E-state index contributed by atoms with van der Waals surface area (Å²) in [5.74, 6) is 1.11. The third-order valence-electron chi connectivity index (χ3n) is 14.5. The van der Waals surface area contributed by atoms with Gasteiger partial charge in [-0.1, -0.05) is 265 Å². The molecule has 362 valence electrons. The molecule has 0 saturated heterocycles. The number of hydrogen-bond acceptors (Lipinski definition) is 3. The molecule has 63 heavy (non-hydrogen) atoms. The number of carbonyl (C=O) groups excluding carboxylic acids is 2. The highest BCUT2D eigenvalue weighted by Crippen LogP contribution is 2.43. The summed E-state index contributed by atoms with van der Waals surface area (Å²) < 4.78 is 0. The lowest BCUT2D eigenvalue weighted by Crippen LogP contribution is -2.33. The molecule has 2 unspecified atom stereocenters. The van der Waals surface area contributed by atoms with Crippen molar-refractivity contribution in [2.75, 3.05) is 13.1 Å². The van der Waals surface area contributed by atoms with E-state index in [0.29, 0.717) is 23.0 Å². The van der Waals surface area contributed by atoms with Crippen LogP contribution in [0.4, 0.5) is 0 Å². The van der Waals surface area contributed by atoms with Crippen LogP contribution >= 0.6 is 11.3 Å². The fourth-order valence-electron chi connectivity index (χ4n) is 10.5. The van der Waals surface area contributed by atoms with Crippen molar-refractivity contribution in [2.24, 2.45) is 11.8 Å². The van der Waals surface area contributed by atoms with Crippen LogP contribution in [0, 0.1) is 11.8 Å². The van der Waals surface area contributed by atoms with Crippen LogP contribution in [0.1, 0.15) is 289 Å². The van der Waals surface area contributed by atoms with E-state index in [1.54, 1.807) is 11.3 Å². The Kier molecular flexibility index (Phi) is 32.8. The van der Waals surface area contributed by atoms with Gasteiger partial charge in [-0.2, -0.15) is 0 Å². The molecule has 2 atom stereocenters. The molecule has 0 saturated carbocycles. The highest BCUT2D eigenvalue weighted by molar-refractivity contribution is 7.11. The van der Waals surface area contributed by atoms with Gasteiger partial charge in [-0.15, -0.1) is 11.3 Å². The molecule has 3 rings (SSSR count). The van der Waals surface area contributed by atoms with Crippen LogP contribution in [0.5, 0.6) is 0 Å². The largest absolute Gasteiger partial charge is 0.314 e. The number of thiophene rings is 1. The first-order valence-corrected chi connectivity index (χ1v) is 29.1. The Morgan fingerprint density at radius 2 is 0.762 bits per heavy atom. The number of carbonyl (C=O) groups is 2. The van der Waals surface area contributed by atoms with Gasteiger partial charge in [-0.3, -0.25) is 9.59 Å². The summed E-state index contributed by atoms with van der Waals surface area (Å²) in [5, 5.41) is 2.11. The molecule has 3 heterocycles. The SMILES string of the molecule is CCCCCCCCCCCCC(CCCCCCCCCC)CN1C=C2C(=O)N(CC(CCCCCCCCCC)CCCCCCCCCCCC)C(c3cccs3)=C2C1=O. The molecular weight excluding hydrogens is 789 g/mol. The lowest BCUT2D eigenvalue weighted by molar-refractivity contribution is -0.124. The van der Waals surface area contributed by atoms with Crippen LogP contribution in [0.3, 0.4) is 0 Å². The van der Waals surface area contributed by atoms with Crippen molar-refractivity contribution in [3.8, 4) is 0 Å². The van der Waals surface area contributed by atoms with Gasteiger partial charge in [0.2, 0.25) is 0 Å². The lowest BCUT2D eigenvalue weighted by atomic mass is 9.93. The monoisotopic (exact) mass is 891 g/mol. The number of unbranched alkanes of at least 4 members (excludes halogenated alkanes) is 32. The van der Waals surface area contributed by atoms with Gasteiger partial charge in [0.1, 0.15) is 0 Å². The van der Waals surface area contributed by atoms with Gasteiger partial charge < -0.3 is 9.80 Å². The van der Waals surface area contributed by atoms with E-state index in [1.807, 2.05) is 11.1 Å². The summed E-state index contributed by atoms with van der Waals surface area (Å²) in [4.78, 5) is 34.3. The van der Waals surface area contributed by atoms with Gasteiger partial charge in [0.25, 0.3) is 11.8 Å². The molecule has 0 aromatic carbocycles. The van der Waals surface area contributed by atoms with E-state index in [9.17, 15) is 9.59 Å². The molecule has 0 aliphatic carbocycles. The van der Waals surface area contributed by atoms with Gasteiger partial charge in [0, 0.05) is 19.3 Å². The molecule has 0 bridgehead atoms. The van der Waals surface area contributed by atoms with Crippen LogP contribution < -0.4 is 0 Å². The minimum absolute atomic E-state index is 0.0718. The zero-order valence-corrected chi connectivity index (χ0v) is 43.1. The first-order chi connectivity index (χ1) is 31.0. The van der Waals surface area contributed by atoms with Gasteiger partial charge in [-0.05, 0) is 49.0 Å².